The minimum Gasteiger partial charge on any atom is -0.399 e. The van der Waals surface area contributed by atoms with E-state index in [0.717, 1.165) is 12.1 Å². The highest BCUT2D eigenvalue weighted by Crippen LogP contribution is 2.20. The largest absolute Gasteiger partial charge is 0.399 e. The topological polar surface area (TPSA) is 64.7 Å². The number of rotatable bonds is 3. The summed E-state index contributed by atoms with van der Waals surface area (Å²) in [4.78, 5) is 14.5. The fourth-order valence-corrected chi connectivity index (χ4v) is 1.15. The Bertz CT molecular complexity index is 418. The van der Waals surface area contributed by atoms with Gasteiger partial charge >= 0.3 is 0 Å². The molecule has 0 aliphatic rings. The predicted octanol–water partition coefficient (Wildman–Crippen LogP) is 2.10. The molecule has 0 bridgehead atoms. The third kappa shape index (κ3) is 2.49. The van der Waals surface area contributed by atoms with E-state index in [1.54, 1.807) is 6.92 Å². The van der Waals surface area contributed by atoms with Crippen molar-refractivity contribution in [1.82, 2.24) is 0 Å². The van der Waals surface area contributed by atoms with Crippen molar-refractivity contribution < 1.29 is 14.2 Å². The molecular weight excluding hydrogens is 203 g/mol. The third-order valence-electron chi connectivity index (χ3n) is 1.77. The Labute approximate surface area is 85.3 Å². The lowest BCUT2D eigenvalue weighted by molar-refractivity contribution is -0.385. The van der Waals surface area contributed by atoms with E-state index >= 15 is 0 Å². The van der Waals surface area contributed by atoms with Gasteiger partial charge in [0.2, 0.25) is 0 Å². The highest BCUT2D eigenvalue weighted by molar-refractivity contribution is 6.01. The first kappa shape index (κ1) is 11.1. The molecule has 0 unspecified atom stereocenters. The van der Waals surface area contributed by atoms with Crippen molar-refractivity contribution in [3.63, 3.8) is 0 Å². The first-order chi connectivity index (χ1) is 7.06. The maximum Gasteiger partial charge on any atom is 0.281 e. The predicted molar refractivity (Wildman–Crippen MR) is 52.3 cm³/mol. The van der Waals surface area contributed by atoms with E-state index in [2.05, 4.69) is 9.99 Å². The number of nitro benzene ring substituents is 1. The van der Waals surface area contributed by atoms with Crippen LogP contribution in [0.25, 0.3) is 0 Å². The lowest BCUT2D eigenvalue weighted by Crippen LogP contribution is -2.02. The number of hydrogen-bond acceptors (Lipinski definition) is 4. The van der Waals surface area contributed by atoms with Crippen molar-refractivity contribution >= 4 is 11.4 Å². The van der Waals surface area contributed by atoms with Gasteiger partial charge in [-0.15, -0.1) is 0 Å². The zero-order valence-electron chi connectivity index (χ0n) is 8.23. The van der Waals surface area contributed by atoms with E-state index in [-0.39, 0.29) is 11.3 Å². The lowest BCUT2D eigenvalue weighted by atomic mass is 10.1. The Morgan fingerprint density at radius 3 is 2.80 bits per heavy atom. The smallest absolute Gasteiger partial charge is 0.281 e. The highest BCUT2D eigenvalue weighted by atomic mass is 19.1. The van der Waals surface area contributed by atoms with Gasteiger partial charge in [-0.2, -0.15) is 0 Å². The van der Waals surface area contributed by atoms with Crippen LogP contribution in [0.1, 0.15) is 12.5 Å². The number of benzene rings is 1. The summed E-state index contributed by atoms with van der Waals surface area (Å²) in [5.41, 5.74) is 0.237. The van der Waals surface area contributed by atoms with E-state index in [9.17, 15) is 14.5 Å². The molecule has 1 rings (SSSR count). The molecule has 6 heteroatoms. The van der Waals surface area contributed by atoms with Gasteiger partial charge in [-0.3, -0.25) is 10.1 Å². The monoisotopic (exact) mass is 212 g/mol. The van der Waals surface area contributed by atoms with Gasteiger partial charge in [-0.1, -0.05) is 5.16 Å². The van der Waals surface area contributed by atoms with Gasteiger partial charge in [0.15, 0.2) is 0 Å². The quantitative estimate of drug-likeness (QED) is 0.437. The van der Waals surface area contributed by atoms with Crippen molar-refractivity contribution in [2.75, 3.05) is 7.11 Å². The molecule has 0 heterocycles. The van der Waals surface area contributed by atoms with Crippen LogP contribution >= 0.6 is 0 Å². The van der Waals surface area contributed by atoms with E-state index < -0.39 is 10.7 Å². The van der Waals surface area contributed by atoms with E-state index in [4.69, 9.17) is 0 Å². The Morgan fingerprint density at radius 2 is 2.27 bits per heavy atom. The molecule has 0 aliphatic carbocycles. The van der Waals surface area contributed by atoms with Crippen LogP contribution < -0.4 is 0 Å². The average molecular weight is 212 g/mol. The van der Waals surface area contributed by atoms with Gasteiger partial charge in [0.25, 0.3) is 5.69 Å². The first-order valence-electron chi connectivity index (χ1n) is 4.08. The maximum absolute atomic E-state index is 12.8. The Kier molecular flexibility index (Phi) is 3.33. The minimum absolute atomic E-state index is 0.239. The van der Waals surface area contributed by atoms with Crippen LogP contribution in [0.15, 0.2) is 23.4 Å². The number of nitrogens with zero attached hydrogens (tertiary/aromatic N) is 2. The number of nitro groups is 1. The Hall–Kier alpha value is -1.98. The SMILES string of the molecule is CO/N=C(/C)c1ccc(F)cc1[N+](=O)[O-]. The van der Waals surface area contributed by atoms with Crippen molar-refractivity contribution in [2.24, 2.45) is 5.16 Å². The van der Waals surface area contributed by atoms with Crippen LogP contribution in [-0.2, 0) is 4.84 Å². The van der Waals surface area contributed by atoms with Gasteiger partial charge < -0.3 is 4.84 Å². The molecule has 0 N–H and O–H groups in total. The fourth-order valence-electron chi connectivity index (χ4n) is 1.15. The third-order valence-corrected chi connectivity index (χ3v) is 1.77. The van der Waals surface area contributed by atoms with E-state index in [1.807, 2.05) is 0 Å². The summed E-state index contributed by atoms with van der Waals surface area (Å²) in [6, 6.07) is 3.28. The molecule has 0 radical (unpaired) electrons. The molecule has 0 aromatic heterocycles. The molecule has 0 spiro atoms. The molecule has 80 valence electrons. The zero-order valence-corrected chi connectivity index (χ0v) is 8.23. The summed E-state index contributed by atoms with van der Waals surface area (Å²) in [7, 11) is 1.33. The molecule has 0 atom stereocenters. The van der Waals surface area contributed by atoms with Gasteiger partial charge in [-0.25, -0.2) is 4.39 Å². The van der Waals surface area contributed by atoms with Gasteiger partial charge in [0, 0.05) is 0 Å². The molecule has 0 fully saturated rings. The highest BCUT2D eigenvalue weighted by Gasteiger charge is 2.17. The van der Waals surface area contributed by atoms with E-state index in [1.165, 1.54) is 13.2 Å². The molecule has 1 aromatic carbocycles. The van der Waals surface area contributed by atoms with Crippen molar-refractivity contribution in [1.29, 1.82) is 0 Å². The molecule has 15 heavy (non-hydrogen) atoms. The molecular formula is C9H9FN2O3. The summed E-state index contributed by atoms with van der Waals surface area (Å²) in [5, 5.41) is 14.2. The summed E-state index contributed by atoms with van der Waals surface area (Å²) < 4.78 is 12.8. The van der Waals surface area contributed by atoms with Crippen LogP contribution in [0.2, 0.25) is 0 Å². The van der Waals surface area contributed by atoms with Crippen LogP contribution in [0, 0.1) is 15.9 Å². The summed E-state index contributed by atoms with van der Waals surface area (Å²) in [6.45, 7) is 1.55. The standard InChI is InChI=1S/C9H9FN2O3/c1-6(11-15-2)8-4-3-7(10)5-9(8)12(13)14/h3-5H,1-2H3/b11-6-. The van der Waals surface area contributed by atoms with Crippen LogP contribution in [0.4, 0.5) is 10.1 Å². The average Bonchev–Trinajstić information content (AvgIpc) is 2.17. The van der Waals surface area contributed by atoms with Gasteiger partial charge in [0.05, 0.1) is 22.3 Å². The Balaban J connectivity index is 3.29. The fraction of sp³-hybridized carbons (Fsp3) is 0.222. The lowest BCUT2D eigenvalue weighted by Gasteiger charge is -2.01. The molecule has 5 nitrogen and oxygen atoms in total. The number of oxime groups is 1. The summed E-state index contributed by atoms with van der Waals surface area (Å²) in [6.07, 6.45) is 0. The van der Waals surface area contributed by atoms with E-state index in [0.29, 0.717) is 5.71 Å². The minimum atomic E-state index is -0.660. The molecule has 0 saturated carbocycles. The van der Waals surface area contributed by atoms with Crippen LogP contribution in [-0.4, -0.2) is 17.7 Å². The second-order valence-corrected chi connectivity index (χ2v) is 2.78. The number of halogens is 1. The number of hydrogen-bond donors (Lipinski definition) is 0. The molecule has 0 amide bonds. The Morgan fingerprint density at radius 1 is 1.60 bits per heavy atom. The van der Waals surface area contributed by atoms with Gasteiger partial charge in [-0.05, 0) is 19.1 Å². The van der Waals surface area contributed by atoms with Crippen molar-refractivity contribution in [3.8, 4) is 0 Å². The zero-order chi connectivity index (χ0) is 11.4. The normalized spacial score (nSPS) is 11.3. The summed E-state index contributed by atoms with van der Waals surface area (Å²) >= 11 is 0. The maximum atomic E-state index is 12.8. The molecule has 1 aromatic rings. The molecule has 0 saturated heterocycles. The second kappa shape index (κ2) is 4.50. The molecule has 0 aliphatic heterocycles. The summed E-state index contributed by atoms with van der Waals surface area (Å²) in [5.74, 6) is -0.657. The van der Waals surface area contributed by atoms with Crippen molar-refractivity contribution in [2.45, 2.75) is 6.92 Å². The van der Waals surface area contributed by atoms with Crippen molar-refractivity contribution in [3.05, 3.63) is 39.7 Å². The van der Waals surface area contributed by atoms with Crippen LogP contribution in [0.5, 0.6) is 0 Å². The second-order valence-electron chi connectivity index (χ2n) is 2.78. The first-order valence-corrected chi connectivity index (χ1v) is 4.08. The van der Waals surface area contributed by atoms with Gasteiger partial charge in [0.1, 0.15) is 12.9 Å². The van der Waals surface area contributed by atoms with Crippen LogP contribution in [0.3, 0.4) is 0 Å².